The molecule has 110 valence electrons. The van der Waals surface area contributed by atoms with Crippen molar-refractivity contribution in [1.82, 2.24) is 0 Å². The first-order valence-corrected chi connectivity index (χ1v) is 7.83. The molecule has 0 radical (unpaired) electrons. The minimum Gasteiger partial charge on any atom is -0.486 e. The van der Waals surface area contributed by atoms with E-state index in [1.54, 1.807) is 0 Å². The molecule has 0 saturated heterocycles. The van der Waals surface area contributed by atoms with Crippen molar-refractivity contribution < 1.29 is 9.47 Å². The molecule has 0 aromatic heterocycles. The lowest BCUT2D eigenvalue weighted by Crippen LogP contribution is -2.39. The molecule has 1 aliphatic carbocycles. The molecule has 0 amide bonds. The van der Waals surface area contributed by atoms with Crippen molar-refractivity contribution in [2.45, 2.75) is 57.4 Å². The largest absolute Gasteiger partial charge is 0.486 e. The molecule has 0 unspecified atom stereocenters. The second-order valence-electron chi connectivity index (χ2n) is 6.45. The van der Waals surface area contributed by atoms with E-state index in [1.807, 2.05) is 0 Å². The quantitative estimate of drug-likeness (QED) is 0.895. The maximum absolute atomic E-state index is 6.76. The molecule has 1 saturated carbocycles. The zero-order valence-electron chi connectivity index (χ0n) is 12.6. The predicted octanol–water partition coefficient (Wildman–Crippen LogP) is 3.70. The number of rotatable bonds is 2. The van der Waals surface area contributed by atoms with Gasteiger partial charge in [-0.3, -0.25) is 0 Å². The van der Waals surface area contributed by atoms with Crippen LogP contribution in [-0.2, 0) is 5.54 Å². The smallest absolute Gasteiger partial charge is 0.161 e. The minimum atomic E-state index is -0.187. The number of benzene rings is 1. The molecular formula is C17H25NO2. The molecule has 1 aromatic rings. The van der Waals surface area contributed by atoms with Crippen LogP contribution in [0.3, 0.4) is 0 Å². The number of hydrogen-bond acceptors (Lipinski definition) is 3. The molecule has 3 heteroatoms. The van der Waals surface area contributed by atoms with Crippen LogP contribution in [0.5, 0.6) is 11.5 Å². The van der Waals surface area contributed by atoms with Crippen molar-refractivity contribution in [3.05, 3.63) is 23.3 Å². The second kappa shape index (κ2) is 5.28. The highest BCUT2D eigenvalue weighted by atomic mass is 16.6. The summed E-state index contributed by atoms with van der Waals surface area (Å²) >= 11 is 0. The standard InChI is InChI=1S/C17H25NO2/c1-12(2)13-10-15-16(20-9-8-19-15)11-14(13)17(18)6-4-3-5-7-17/h10-12H,3-9,18H2,1-2H3. The van der Waals surface area contributed by atoms with Gasteiger partial charge in [-0.25, -0.2) is 0 Å². The molecule has 0 bridgehead atoms. The summed E-state index contributed by atoms with van der Waals surface area (Å²) < 4.78 is 11.5. The third kappa shape index (κ3) is 2.39. The predicted molar refractivity (Wildman–Crippen MR) is 80.5 cm³/mol. The van der Waals surface area contributed by atoms with Crippen molar-refractivity contribution in [3.8, 4) is 11.5 Å². The van der Waals surface area contributed by atoms with E-state index in [2.05, 4.69) is 26.0 Å². The Morgan fingerprint density at radius 2 is 1.60 bits per heavy atom. The summed E-state index contributed by atoms with van der Waals surface area (Å²) in [4.78, 5) is 0. The number of fused-ring (bicyclic) bond motifs is 1. The minimum absolute atomic E-state index is 0.187. The molecule has 1 aromatic carbocycles. The summed E-state index contributed by atoms with van der Waals surface area (Å²) in [5.41, 5.74) is 9.16. The molecular weight excluding hydrogens is 250 g/mol. The van der Waals surface area contributed by atoms with E-state index in [0.717, 1.165) is 24.3 Å². The van der Waals surface area contributed by atoms with Crippen LogP contribution in [0.15, 0.2) is 12.1 Å². The first-order valence-electron chi connectivity index (χ1n) is 7.83. The van der Waals surface area contributed by atoms with E-state index in [-0.39, 0.29) is 5.54 Å². The SMILES string of the molecule is CC(C)c1cc2c(cc1C1(N)CCCCC1)OCCO2. The van der Waals surface area contributed by atoms with Gasteiger partial charge in [0.15, 0.2) is 11.5 Å². The Labute approximate surface area is 121 Å². The fourth-order valence-corrected chi connectivity index (χ4v) is 3.47. The van der Waals surface area contributed by atoms with Gasteiger partial charge in [0, 0.05) is 5.54 Å². The van der Waals surface area contributed by atoms with Gasteiger partial charge in [0.1, 0.15) is 13.2 Å². The lowest BCUT2D eigenvalue weighted by atomic mass is 9.74. The molecule has 0 atom stereocenters. The maximum atomic E-state index is 6.76. The van der Waals surface area contributed by atoms with Crippen LogP contribution in [-0.4, -0.2) is 13.2 Å². The highest BCUT2D eigenvalue weighted by Gasteiger charge is 2.33. The Hall–Kier alpha value is -1.22. The van der Waals surface area contributed by atoms with Crippen molar-refractivity contribution >= 4 is 0 Å². The first-order chi connectivity index (χ1) is 9.60. The van der Waals surface area contributed by atoms with Gasteiger partial charge in [-0.15, -0.1) is 0 Å². The fourth-order valence-electron chi connectivity index (χ4n) is 3.47. The van der Waals surface area contributed by atoms with Gasteiger partial charge in [0.2, 0.25) is 0 Å². The monoisotopic (exact) mass is 275 g/mol. The molecule has 20 heavy (non-hydrogen) atoms. The second-order valence-corrected chi connectivity index (χ2v) is 6.45. The Bertz CT molecular complexity index is 490. The summed E-state index contributed by atoms with van der Waals surface area (Å²) in [7, 11) is 0. The van der Waals surface area contributed by atoms with Crippen LogP contribution in [0.4, 0.5) is 0 Å². The topological polar surface area (TPSA) is 44.5 Å². The van der Waals surface area contributed by atoms with Crippen LogP contribution in [0, 0.1) is 0 Å². The van der Waals surface area contributed by atoms with Crippen molar-refractivity contribution in [3.63, 3.8) is 0 Å². The molecule has 3 nitrogen and oxygen atoms in total. The molecule has 1 aliphatic heterocycles. The van der Waals surface area contributed by atoms with Crippen LogP contribution < -0.4 is 15.2 Å². The molecule has 0 spiro atoms. The fraction of sp³-hybridized carbons (Fsp3) is 0.647. The molecule has 1 heterocycles. The van der Waals surface area contributed by atoms with Crippen LogP contribution >= 0.6 is 0 Å². The highest BCUT2D eigenvalue weighted by Crippen LogP contribution is 2.43. The average Bonchev–Trinajstić information content (AvgIpc) is 2.46. The van der Waals surface area contributed by atoms with E-state index >= 15 is 0 Å². The van der Waals surface area contributed by atoms with Gasteiger partial charge >= 0.3 is 0 Å². The maximum Gasteiger partial charge on any atom is 0.161 e. The van der Waals surface area contributed by atoms with Crippen LogP contribution in [0.2, 0.25) is 0 Å². The Morgan fingerprint density at radius 3 is 2.20 bits per heavy atom. The normalized spacial score (nSPS) is 21.0. The van der Waals surface area contributed by atoms with E-state index < -0.39 is 0 Å². The zero-order valence-corrected chi connectivity index (χ0v) is 12.6. The number of ether oxygens (including phenoxy) is 2. The van der Waals surface area contributed by atoms with Crippen LogP contribution in [0.1, 0.15) is 63.0 Å². The summed E-state index contributed by atoms with van der Waals surface area (Å²) in [6.45, 7) is 5.71. The van der Waals surface area contributed by atoms with Crippen LogP contribution in [0.25, 0.3) is 0 Å². The van der Waals surface area contributed by atoms with E-state index in [1.165, 1.54) is 30.4 Å². The average molecular weight is 275 g/mol. The summed E-state index contributed by atoms with van der Waals surface area (Å²) in [6.07, 6.45) is 5.91. The van der Waals surface area contributed by atoms with Crippen molar-refractivity contribution in [2.24, 2.45) is 5.73 Å². The van der Waals surface area contributed by atoms with E-state index in [0.29, 0.717) is 19.1 Å². The van der Waals surface area contributed by atoms with Crippen molar-refractivity contribution in [2.75, 3.05) is 13.2 Å². The van der Waals surface area contributed by atoms with Gasteiger partial charge < -0.3 is 15.2 Å². The molecule has 3 rings (SSSR count). The van der Waals surface area contributed by atoms with E-state index in [4.69, 9.17) is 15.2 Å². The lowest BCUT2D eigenvalue weighted by Gasteiger charge is -2.37. The zero-order chi connectivity index (χ0) is 14.2. The summed E-state index contributed by atoms with van der Waals surface area (Å²) in [5, 5.41) is 0. The molecule has 1 fully saturated rings. The highest BCUT2D eigenvalue weighted by molar-refractivity contribution is 5.51. The van der Waals surface area contributed by atoms with Crippen molar-refractivity contribution in [1.29, 1.82) is 0 Å². The van der Waals surface area contributed by atoms with Gasteiger partial charge in [0.25, 0.3) is 0 Å². The van der Waals surface area contributed by atoms with Gasteiger partial charge in [-0.2, -0.15) is 0 Å². The Kier molecular flexibility index (Phi) is 3.63. The lowest BCUT2D eigenvalue weighted by molar-refractivity contribution is 0.170. The third-order valence-corrected chi connectivity index (χ3v) is 4.62. The Balaban J connectivity index is 2.07. The van der Waals surface area contributed by atoms with Gasteiger partial charge in [-0.1, -0.05) is 33.1 Å². The Morgan fingerprint density at radius 1 is 1.00 bits per heavy atom. The van der Waals surface area contributed by atoms with Gasteiger partial charge in [0.05, 0.1) is 0 Å². The number of hydrogen-bond donors (Lipinski definition) is 1. The summed E-state index contributed by atoms with van der Waals surface area (Å²) in [6, 6.07) is 4.30. The first kappa shape index (κ1) is 13.7. The molecule has 2 N–H and O–H groups in total. The molecule has 2 aliphatic rings. The summed E-state index contributed by atoms with van der Waals surface area (Å²) in [5.74, 6) is 2.19. The third-order valence-electron chi connectivity index (χ3n) is 4.62. The van der Waals surface area contributed by atoms with Gasteiger partial charge in [-0.05, 0) is 42.0 Å². The van der Waals surface area contributed by atoms with E-state index in [9.17, 15) is 0 Å². The number of nitrogens with two attached hydrogens (primary N) is 1.